The molecule has 1 unspecified atom stereocenters. The van der Waals surface area contributed by atoms with Gasteiger partial charge in [-0.2, -0.15) is 0 Å². The third-order valence-electron chi connectivity index (χ3n) is 2.36. The zero-order valence-corrected chi connectivity index (χ0v) is 10.1. The maximum atomic E-state index is 13.3. The molecule has 0 aliphatic rings. The highest BCUT2D eigenvalue weighted by molar-refractivity contribution is 7.93. The molecule has 0 fully saturated rings. The molecular weight excluding hydrogens is 250 g/mol. The predicted octanol–water partition coefficient (Wildman–Crippen LogP) is 1.44. The number of halogens is 2. The number of nitrogens with two attached hydrogens (primary N) is 1. The lowest BCUT2D eigenvalue weighted by molar-refractivity contribution is 0.511. The van der Waals surface area contributed by atoms with Crippen LogP contribution in [0.2, 0.25) is 0 Å². The van der Waals surface area contributed by atoms with E-state index in [1.165, 1.54) is 6.07 Å². The van der Waals surface area contributed by atoms with Crippen molar-refractivity contribution in [3.05, 3.63) is 29.8 Å². The monoisotopic (exact) mass is 264 g/mol. The van der Waals surface area contributed by atoms with Crippen LogP contribution in [0.5, 0.6) is 0 Å². The van der Waals surface area contributed by atoms with Crippen molar-refractivity contribution in [3.63, 3.8) is 0 Å². The lowest BCUT2D eigenvalue weighted by Crippen LogP contribution is -2.34. The highest BCUT2D eigenvalue weighted by atomic mass is 32.2. The summed E-state index contributed by atoms with van der Waals surface area (Å²) in [6.45, 7) is 1.57. The first-order chi connectivity index (χ1) is 7.92. The Morgan fingerprint density at radius 2 is 2.06 bits per heavy atom. The minimum Gasteiger partial charge on any atom is -0.329 e. The number of sulfonamides is 1. The van der Waals surface area contributed by atoms with Gasteiger partial charge in [-0.05, 0) is 18.6 Å². The van der Waals surface area contributed by atoms with Gasteiger partial charge in [0, 0.05) is 6.54 Å². The van der Waals surface area contributed by atoms with Crippen LogP contribution in [-0.4, -0.2) is 20.2 Å². The summed E-state index contributed by atoms with van der Waals surface area (Å²) in [5, 5.41) is -0.829. The van der Waals surface area contributed by atoms with Crippen LogP contribution < -0.4 is 10.5 Å². The molecule has 3 N–H and O–H groups in total. The van der Waals surface area contributed by atoms with E-state index in [4.69, 9.17) is 5.73 Å². The fraction of sp³-hybridized carbons (Fsp3) is 0.400. The zero-order valence-electron chi connectivity index (χ0n) is 9.28. The normalized spacial score (nSPS) is 13.4. The molecule has 1 aromatic carbocycles. The lowest BCUT2D eigenvalue weighted by Gasteiger charge is -2.15. The van der Waals surface area contributed by atoms with Crippen LogP contribution in [0.3, 0.4) is 0 Å². The van der Waals surface area contributed by atoms with E-state index in [1.807, 2.05) is 4.72 Å². The van der Waals surface area contributed by atoms with Gasteiger partial charge in [0.25, 0.3) is 0 Å². The number of hydrogen-bond acceptors (Lipinski definition) is 3. The Hall–Kier alpha value is -1.21. The summed E-state index contributed by atoms with van der Waals surface area (Å²) >= 11 is 0. The van der Waals surface area contributed by atoms with Gasteiger partial charge in [-0.1, -0.05) is 13.0 Å². The molecule has 0 aliphatic carbocycles. The third kappa shape index (κ3) is 3.13. The molecule has 0 saturated heterocycles. The van der Waals surface area contributed by atoms with Gasteiger partial charge in [0.15, 0.2) is 11.6 Å². The minimum absolute atomic E-state index is 0.0806. The van der Waals surface area contributed by atoms with Crippen LogP contribution in [0, 0.1) is 11.6 Å². The van der Waals surface area contributed by atoms with Crippen molar-refractivity contribution in [1.82, 2.24) is 0 Å². The van der Waals surface area contributed by atoms with Crippen LogP contribution in [0.4, 0.5) is 14.5 Å². The van der Waals surface area contributed by atoms with E-state index in [-0.39, 0.29) is 6.54 Å². The Morgan fingerprint density at radius 3 is 2.59 bits per heavy atom. The Morgan fingerprint density at radius 1 is 1.41 bits per heavy atom. The fourth-order valence-corrected chi connectivity index (χ4v) is 2.66. The van der Waals surface area contributed by atoms with Crippen LogP contribution in [0.1, 0.15) is 13.3 Å². The summed E-state index contributed by atoms with van der Waals surface area (Å²) in [4.78, 5) is 0. The smallest absolute Gasteiger partial charge is 0.236 e. The molecule has 0 amide bonds. The van der Waals surface area contributed by atoms with Gasteiger partial charge in [-0.25, -0.2) is 17.2 Å². The van der Waals surface area contributed by atoms with Crippen molar-refractivity contribution in [3.8, 4) is 0 Å². The second-order valence-corrected chi connectivity index (χ2v) is 5.48. The van der Waals surface area contributed by atoms with Gasteiger partial charge >= 0.3 is 0 Å². The molecule has 0 spiro atoms. The summed E-state index contributed by atoms with van der Waals surface area (Å²) < 4.78 is 51.7. The first-order valence-electron chi connectivity index (χ1n) is 5.08. The topological polar surface area (TPSA) is 72.2 Å². The fourth-order valence-electron chi connectivity index (χ4n) is 1.33. The minimum atomic E-state index is -3.80. The first-order valence-corrected chi connectivity index (χ1v) is 6.62. The first kappa shape index (κ1) is 13.9. The molecule has 1 rings (SSSR count). The molecule has 0 aromatic heterocycles. The Labute approximate surface area is 98.9 Å². The van der Waals surface area contributed by atoms with Gasteiger partial charge in [-0.15, -0.1) is 0 Å². The zero-order chi connectivity index (χ0) is 13.1. The average Bonchev–Trinajstić information content (AvgIpc) is 2.26. The quantitative estimate of drug-likeness (QED) is 0.845. The van der Waals surface area contributed by atoms with Crippen LogP contribution in [-0.2, 0) is 10.0 Å². The van der Waals surface area contributed by atoms with E-state index in [1.54, 1.807) is 6.92 Å². The van der Waals surface area contributed by atoms with Crippen LogP contribution >= 0.6 is 0 Å². The maximum absolute atomic E-state index is 13.3. The van der Waals surface area contributed by atoms with Crippen LogP contribution in [0.15, 0.2) is 18.2 Å². The molecule has 0 saturated carbocycles. The Balaban J connectivity index is 3.02. The van der Waals surface area contributed by atoms with E-state index < -0.39 is 32.6 Å². The average molecular weight is 264 g/mol. The van der Waals surface area contributed by atoms with Gasteiger partial charge in [-0.3, -0.25) is 4.72 Å². The van der Waals surface area contributed by atoms with E-state index in [9.17, 15) is 17.2 Å². The molecule has 1 aromatic rings. The molecule has 1 atom stereocenters. The van der Waals surface area contributed by atoms with Crippen molar-refractivity contribution >= 4 is 15.7 Å². The van der Waals surface area contributed by atoms with Gasteiger partial charge < -0.3 is 5.73 Å². The number of anilines is 1. The molecule has 0 heterocycles. The second kappa shape index (κ2) is 5.42. The van der Waals surface area contributed by atoms with Gasteiger partial charge in [0.2, 0.25) is 10.0 Å². The van der Waals surface area contributed by atoms with E-state index in [0.717, 1.165) is 12.1 Å². The maximum Gasteiger partial charge on any atom is 0.236 e. The van der Waals surface area contributed by atoms with E-state index >= 15 is 0 Å². The predicted molar refractivity (Wildman–Crippen MR) is 62.0 cm³/mol. The van der Waals surface area contributed by atoms with E-state index in [0.29, 0.717) is 6.42 Å². The molecule has 7 heteroatoms. The van der Waals surface area contributed by atoms with Crippen molar-refractivity contribution in [2.45, 2.75) is 18.6 Å². The number of benzene rings is 1. The summed E-state index contributed by atoms with van der Waals surface area (Å²) in [7, 11) is -3.80. The Bertz CT molecular complexity index is 487. The standard InChI is InChI=1S/C10H14F2N2O2S/c1-2-7(6-13)17(15,16)14-9-5-3-4-8(11)10(9)12/h3-5,7,14H,2,6,13H2,1H3. The molecule has 0 radical (unpaired) electrons. The van der Waals surface area contributed by atoms with E-state index in [2.05, 4.69) is 0 Å². The molecular formula is C10H14F2N2O2S. The molecule has 96 valence electrons. The summed E-state index contributed by atoms with van der Waals surface area (Å²) in [6.07, 6.45) is 0.294. The summed E-state index contributed by atoms with van der Waals surface area (Å²) in [6, 6.07) is 3.28. The molecule has 17 heavy (non-hydrogen) atoms. The summed E-state index contributed by atoms with van der Waals surface area (Å²) in [5.41, 5.74) is 4.90. The number of hydrogen-bond donors (Lipinski definition) is 2. The molecule has 0 aliphatic heterocycles. The highest BCUT2D eigenvalue weighted by Crippen LogP contribution is 2.19. The van der Waals surface area contributed by atoms with Gasteiger partial charge in [0.05, 0.1) is 10.9 Å². The molecule has 4 nitrogen and oxygen atoms in total. The Kier molecular flexibility index (Phi) is 4.41. The van der Waals surface area contributed by atoms with Crippen molar-refractivity contribution in [2.75, 3.05) is 11.3 Å². The highest BCUT2D eigenvalue weighted by Gasteiger charge is 2.23. The van der Waals surface area contributed by atoms with Crippen molar-refractivity contribution in [2.24, 2.45) is 5.73 Å². The second-order valence-electron chi connectivity index (χ2n) is 3.51. The molecule has 0 bridgehead atoms. The van der Waals surface area contributed by atoms with Crippen molar-refractivity contribution in [1.29, 1.82) is 0 Å². The van der Waals surface area contributed by atoms with Gasteiger partial charge in [0.1, 0.15) is 0 Å². The van der Waals surface area contributed by atoms with Crippen molar-refractivity contribution < 1.29 is 17.2 Å². The number of rotatable bonds is 5. The van der Waals surface area contributed by atoms with Crippen LogP contribution in [0.25, 0.3) is 0 Å². The summed E-state index contributed by atoms with van der Waals surface area (Å²) in [5.74, 6) is -2.33. The SMILES string of the molecule is CCC(CN)S(=O)(=O)Nc1cccc(F)c1F. The largest absolute Gasteiger partial charge is 0.329 e. The lowest BCUT2D eigenvalue weighted by atomic mass is 10.3. The number of nitrogens with one attached hydrogen (secondary N) is 1. The third-order valence-corrected chi connectivity index (χ3v) is 4.27.